The van der Waals surface area contributed by atoms with Gasteiger partial charge in [-0.2, -0.15) is 0 Å². The predicted molar refractivity (Wildman–Crippen MR) is 69.5 cm³/mol. The first kappa shape index (κ1) is 14.3. The average molecular weight is 269 g/mol. The van der Waals surface area contributed by atoms with Gasteiger partial charge in [0.05, 0.1) is 24.0 Å². The number of aliphatic carboxylic acids is 1. The molecule has 0 bridgehead atoms. The largest absolute Gasteiger partial charge is 0.481 e. The Labute approximate surface area is 113 Å². The zero-order valence-corrected chi connectivity index (χ0v) is 11.4. The van der Waals surface area contributed by atoms with Crippen LogP contribution in [0.1, 0.15) is 44.9 Å². The van der Waals surface area contributed by atoms with Crippen molar-refractivity contribution in [3.05, 3.63) is 0 Å². The molecule has 0 aliphatic heterocycles. The highest BCUT2D eigenvalue weighted by atomic mass is 16.4. The molecule has 0 saturated heterocycles. The number of amides is 1. The normalized spacial score (nSPS) is 35.1. The minimum absolute atomic E-state index is 0.101. The van der Waals surface area contributed by atoms with E-state index in [-0.39, 0.29) is 11.9 Å². The molecule has 2 saturated carbocycles. The second kappa shape index (κ2) is 5.90. The maximum atomic E-state index is 12.5. The van der Waals surface area contributed by atoms with Crippen LogP contribution >= 0.6 is 0 Å². The van der Waals surface area contributed by atoms with Crippen molar-refractivity contribution in [2.45, 2.75) is 57.1 Å². The number of aliphatic hydroxyl groups is 1. The highest BCUT2D eigenvalue weighted by molar-refractivity contribution is 5.85. The molecule has 2 fully saturated rings. The zero-order chi connectivity index (χ0) is 14.0. The highest BCUT2D eigenvalue weighted by Crippen LogP contribution is 2.34. The molecule has 2 aliphatic carbocycles. The highest BCUT2D eigenvalue weighted by Gasteiger charge is 2.41. The molecule has 1 amide bonds. The smallest absolute Gasteiger partial charge is 0.307 e. The summed E-state index contributed by atoms with van der Waals surface area (Å²) in [5.74, 6) is -1.92. The summed E-state index contributed by atoms with van der Waals surface area (Å²) in [5.41, 5.74) is 0. The SMILES string of the molecule is CN(C(=O)C1CCCC1C(=O)O)C1CCCCC1O. The third-order valence-corrected chi connectivity index (χ3v) is 4.69. The van der Waals surface area contributed by atoms with Crippen molar-refractivity contribution >= 4 is 11.9 Å². The molecule has 0 aromatic heterocycles. The lowest BCUT2D eigenvalue weighted by molar-refractivity contribution is -0.150. The van der Waals surface area contributed by atoms with Crippen LogP contribution in [-0.4, -0.2) is 46.2 Å². The number of aliphatic hydroxyl groups excluding tert-OH is 1. The van der Waals surface area contributed by atoms with Gasteiger partial charge in [0.15, 0.2) is 0 Å². The molecule has 5 heteroatoms. The summed E-state index contributed by atoms with van der Waals surface area (Å²) < 4.78 is 0. The molecule has 108 valence electrons. The number of carboxylic acid groups (broad SMARTS) is 1. The van der Waals surface area contributed by atoms with Crippen LogP contribution in [0.25, 0.3) is 0 Å². The van der Waals surface area contributed by atoms with Crippen molar-refractivity contribution in [1.82, 2.24) is 4.90 Å². The number of hydrogen-bond acceptors (Lipinski definition) is 3. The fourth-order valence-electron chi connectivity index (χ4n) is 3.52. The van der Waals surface area contributed by atoms with E-state index in [0.717, 1.165) is 32.1 Å². The summed E-state index contributed by atoms with van der Waals surface area (Å²) in [7, 11) is 1.71. The molecule has 4 unspecified atom stereocenters. The molecule has 0 heterocycles. The first-order valence-corrected chi connectivity index (χ1v) is 7.20. The summed E-state index contributed by atoms with van der Waals surface area (Å²) >= 11 is 0. The first-order valence-electron chi connectivity index (χ1n) is 7.20. The number of carboxylic acids is 1. The standard InChI is InChI=1S/C14H23NO4/c1-15(11-7-2-3-8-12(11)16)13(17)9-5-4-6-10(9)14(18)19/h9-12,16H,2-8H2,1H3,(H,18,19). The fraction of sp³-hybridized carbons (Fsp3) is 0.857. The van der Waals surface area contributed by atoms with E-state index in [0.29, 0.717) is 12.8 Å². The van der Waals surface area contributed by atoms with Crippen LogP contribution in [0.3, 0.4) is 0 Å². The number of rotatable bonds is 3. The lowest BCUT2D eigenvalue weighted by Gasteiger charge is -2.37. The van der Waals surface area contributed by atoms with Crippen LogP contribution in [0.15, 0.2) is 0 Å². The molecule has 5 nitrogen and oxygen atoms in total. The van der Waals surface area contributed by atoms with Gasteiger partial charge in [0.25, 0.3) is 0 Å². The first-order chi connectivity index (χ1) is 9.02. The Morgan fingerprint density at radius 2 is 1.63 bits per heavy atom. The minimum atomic E-state index is -0.867. The molecule has 0 radical (unpaired) electrons. The molecule has 2 aliphatic rings. The number of likely N-dealkylation sites (N-methyl/N-ethyl adjacent to an activating group) is 1. The van der Waals surface area contributed by atoms with Gasteiger partial charge >= 0.3 is 5.97 Å². The van der Waals surface area contributed by atoms with Gasteiger partial charge < -0.3 is 15.1 Å². The van der Waals surface area contributed by atoms with Gasteiger partial charge in [0, 0.05) is 7.05 Å². The van der Waals surface area contributed by atoms with E-state index < -0.39 is 23.9 Å². The van der Waals surface area contributed by atoms with Crippen molar-refractivity contribution in [2.75, 3.05) is 7.05 Å². The summed E-state index contributed by atoms with van der Waals surface area (Å²) in [5, 5.41) is 19.2. The molecule has 4 atom stereocenters. The molecule has 0 aromatic carbocycles. The summed E-state index contributed by atoms with van der Waals surface area (Å²) in [6.07, 6.45) is 5.15. The van der Waals surface area contributed by atoms with E-state index in [4.69, 9.17) is 5.11 Å². The van der Waals surface area contributed by atoms with E-state index in [1.54, 1.807) is 11.9 Å². The van der Waals surface area contributed by atoms with Crippen LogP contribution in [0.4, 0.5) is 0 Å². The van der Waals surface area contributed by atoms with Crippen LogP contribution in [-0.2, 0) is 9.59 Å². The van der Waals surface area contributed by atoms with E-state index in [9.17, 15) is 14.7 Å². The van der Waals surface area contributed by atoms with Crippen molar-refractivity contribution in [2.24, 2.45) is 11.8 Å². The zero-order valence-electron chi connectivity index (χ0n) is 11.4. The predicted octanol–water partition coefficient (Wildman–Crippen LogP) is 1.25. The maximum absolute atomic E-state index is 12.5. The minimum Gasteiger partial charge on any atom is -0.481 e. The molecule has 0 aromatic rings. The van der Waals surface area contributed by atoms with Gasteiger partial charge in [-0.15, -0.1) is 0 Å². The van der Waals surface area contributed by atoms with Gasteiger partial charge in [-0.05, 0) is 25.7 Å². The summed E-state index contributed by atoms with van der Waals surface area (Å²) in [6, 6.07) is -0.142. The number of carbonyl (C=O) groups is 2. The van der Waals surface area contributed by atoms with Crippen LogP contribution < -0.4 is 0 Å². The molecule has 2 N–H and O–H groups in total. The Kier molecular flexibility index (Phi) is 4.45. The summed E-state index contributed by atoms with van der Waals surface area (Å²) in [4.78, 5) is 25.2. The van der Waals surface area contributed by atoms with Crippen molar-refractivity contribution in [1.29, 1.82) is 0 Å². The maximum Gasteiger partial charge on any atom is 0.307 e. The van der Waals surface area contributed by atoms with Crippen LogP contribution in [0, 0.1) is 11.8 Å². The van der Waals surface area contributed by atoms with E-state index >= 15 is 0 Å². The van der Waals surface area contributed by atoms with Crippen molar-refractivity contribution in [3.8, 4) is 0 Å². The number of carbonyl (C=O) groups excluding carboxylic acids is 1. The Morgan fingerprint density at radius 3 is 2.26 bits per heavy atom. The van der Waals surface area contributed by atoms with E-state index in [1.807, 2.05) is 0 Å². The van der Waals surface area contributed by atoms with Crippen LogP contribution in [0.2, 0.25) is 0 Å². The molecule has 2 rings (SSSR count). The second-order valence-corrected chi connectivity index (χ2v) is 5.85. The third kappa shape index (κ3) is 2.91. The molecule has 0 spiro atoms. The monoisotopic (exact) mass is 269 g/mol. The van der Waals surface area contributed by atoms with E-state index in [1.165, 1.54) is 0 Å². The van der Waals surface area contributed by atoms with Gasteiger partial charge in [-0.3, -0.25) is 9.59 Å². The van der Waals surface area contributed by atoms with Gasteiger partial charge in [0.1, 0.15) is 0 Å². The van der Waals surface area contributed by atoms with E-state index in [2.05, 4.69) is 0 Å². The van der Waals surface area contributed by atoms with Crippen molar-refractivity contribution < 1.29 is 19.8 Å². The quantitative estimate of drug-likeness (QED) is 0.808. The van der Waals surface area contributed by atoms with Gasteiger partial charge in [0.2, 0.25) is 5.91 Å². The van der Waals surface area contributed by atoms with Gasteiger partial charge in [-0.1, -0.05) is 19.3 Å². The Hall–Kier alpha value is -1.10. The molecular weight excluding hydrogens is 246 g/mol. The lowest BCUT2D eigenvalue weighted by atomic mass is 9.89. The topological polar surface area (TPSA) is 77.8 Å². The second-order valence-electron chi connectivity index (χ2n) is 5.85. The fourth-order valence-corrected chi connectivity index (χ4v) is 3.52. The Morgan fingerprint density at radius 1 is 1.00 bits per heavy atom. The Balaban J connectivity index is 2.03. The van der Waals surface area contributed by atoms with Crippen molar-refractivity contribution in [3.63, 3.8) is 0 Å². The number of hydrogen-bond donors (Lipinski definition) is 2. The van der Waals surface area contributed by atoms with Crippen LogP contribution in [0.5, 0.6) is 0 Å². The Bertz CT molecular complexity index is 357. The average Bonchev–Trinajstić information content (AvgIpc) is 2.87. The third-order valence-electron chi connectivity index (χ3n) is 4.69. The molecule has 19 heavy (non-hydrogen) atoms. The summed E-state index contributed by atoms with van der Waals surface area (Å²) in [6.45, 7) is 0. The molecular formula is C14H23NO4. The lowest BCUT2D eigenvalue weighted by Crippen LogP contribution is -2.49. The number of nitrogens with zero attached hydrogens (tertiary/aromatic N) is 1. The van der Waals surface area contributed by atoms with Gasteiger partial charge in [-0.25, -0.2) is 0 Å².